The average Bonchev–Trinajstić information content (AvgIpc) is 3.16. The van der Waals surface area contributed by atoms with Crippen LogP contribution in [0.2, 0.25) is 0 Å². The van der Waals surface area contributed by atoms with Crippen LogP contribution >= 0.6 is 0 Å². The van der Waals surface area contributed by atoms with Gasteiger partial charge in [0, 0.05) is 5.56 Å². The molecule has 2 heterocycles. The van der Waals surface area contributed by atoms with Crippen LogP contribution in [-0.2, 0) is 11.3 Å². The van der Waals surface area contributed by atoms with Gasteiger partial charge in [0.25, 0.3) is 0 Å². The Morgan fingerprint density at radius 2 is 1.93 bits per heavy atom. The second-order valence-electron chi connectivity index (χ2n) is 6.20. The van der Waals surface area contributed by atoms with Gasteiger partial charge in [0.05, 0.1) is 6.04 Å². The number of tetrazole rings is 1. The summed E-state index contributed by atoms with van der Waals surface area (Å²) in [7, 11) is 0. The van der Waals surface area contributed by atoms with E-state index in [1.54, 1.807) is 0 Å². The van der Waals surface area contributed by atoms with Crippen LogP contribution in [0.5, 0.6) is 11.5 Å². The zero-order chi connectivity index (χ0) is 18.6. The summed E-state index contributed by atoms with van der Waals surface area (Å²) in [6.07, 6.45) is 0. The van der Waals surface area contributed by atoms with Gasteiger partial charge in [-0.2, -0.15) is 4.80 Å². The Morgan fingerprint density at radius 1 is 1.15 bits per heavy atom. The first-order valence-electron chi connectivity index (χ1n) is 8.71. The van der Waals surface area contributed by atoms with E-state index >= 15 is 0 Å². The number of aromatic nitrogens is 4. The molecule has 1 unspecified atom stereocenters. The number of nitrogens with zero attached hydrogens (tertiary/aromatic N) is 4. The molecular formula is C19H19N5O3. The molecule has 1 aliphatic rings. The Labute approximate surface area is 156 Å². The van der Waals surface area contributed by atoms with Crippen molar-refractivity contribution in [2.75, 3.05) is 13.2 Å². The van der Waals surface area contributed by atoms with E-state index in [2.05, 4.69) is 20.7 Å². The first-order valence-corrected chi connectivity index (χ1v) is 8.71. The number of benzene rings is 2. The topological polar surface area (TPSA) is 91.2 Å². The molecule has 27 heavy (non-hydrogen) atoms. The Morgan fingerprint density at radius 3 is 2.74 bits per heavy atom. The van der Waals surface area contributed by atoms with Crippen molar-refractivity contribution in [1.29, 1.82) is 0 Å². The maximum absolute atomic E-state index is 12.3. The van der Waals surface area contributed by atoms with Crippen molar-refractivity contribution in [2.45, 2.75) is 19.5 Å². The van der Waals surface area contributed by atoms with Crippen molar-refractivity contribution < 1.29 is 14.3 Å². The SMILES string of the molecule is CC(NC(=O)Cn1nnc(-c2ccccc2)n1)c1ccc2c(c1)OCCO2. The van der Waals surface area contributed by atoms with Crippen LogP contribution in [0.4, 0.5) is 0 Å². The number of hydrogen-bond donors (Lipinski definition) is 1. The fraction of sp³-hybridized carbons (Fsp3) is 0.263. The fourth-order valence-electron chi connectivity index (χ4n) is 2.84. The standard InChI is InChI=1S/C19H19N5O3/c1-13(15-7-8-16-17(11-15)27-10-9-26-16)20-18(25)12-24-22-19(21-23-24)14-5-3-2-4-6-14/h2-8,11,13H,9-10,12H2,1H3,(H,20,25). The molecule has 3 aromatic rings. The maximum atomic E-state index is 12.3. The summed E-state index contributed by atoms with van der Waals surface area (Å²) in [5, 5.41) is 15.1. The second kappa shape index (κ2) is 7.45. The van der Waals surface area contributed by atoms with Gasteiger partial charge in [-0.25, -0.2) is 0 Å². The summed E-state index contributed by atoms with van der Waals surface area (Å²) in [5.41, 5.74) is 1.79. The highest BCUT2D eigenvalue weighted by Gasteiger charge is 2.16. The van der Waals surface area contributed by atoms with Gasteiger partial charge < -0.3 is 14.8 Å². The van der Waals surface area contributed by atoms with Crippen LogP contribution in [0.25, 0.3) is 11.4 Å². The van der Waals surface area contributed by atoms with Crippen LogP contribution in [0.3, 0.4) is 0 Å². The molecule has 0 spiro atoms. The van der Waals surface area contributed by atoms with E-state index in [0.29, 0.717) is 24.8 Å². The van der Waals surface area contributed by atoms with Crippen molar-refractivity contribution in [3.05, 3.63) is 54.1 Å². The van der Waals surface area contributed by atoms with Crippen molar-refractivity contribution in [2.24, 2.45) is 0 Å². The van der Waals surface area contributed by atoms with Gasteiger partial charge in [-0.15, -0.1) is 10.2 Å². The molecule has 8 heteroatoms. The molecule has 1 N–H and O–H groups in total. The lowest BCUT2D eigenvalue weighted by Crippen LogP contribution is -2.31. The third-order valence-corrected chi connectivity index (χ3v) is 4.21. The minimum atomic E-state index is -0.200. The number of carbonyl (C=O) groups excluding carboxylic acids is 1. The molecule has 0 radical (unpaired) electrons. The smallest absolute Gasteiger partial charge is 0.244 e. The predicted molar refractivity (Wildman–Crippen MR) is 97.2 cm³/mol. The molecular weight excluding hydrogens is 346 g/mol. The normalized spacial score (nSPS) is 13.8. The monoisotopic (exact) mass is 365 g/mol. The zero-order valence-corrected chi connectivity index (χ0v) is 14.8. The van der Waals surface area contributed by atoms with Gasteiger partial charge in [-0.1, -0.05) is 36.4 Å². The van der Waals surface area contributed by atoms with E-state index in [1.807, 2.05) is 55.5 Å². The van der Waals surface area contributed by atoms with Crippen molar-refractivity contribution >= 4 is 5.91 Å². The molecule has 138 valence electrons. The Hall–Kier alpha value is -3.42. The van der Waals surface area contributed by atoms with Crippen molar-refractivity contribution in [3.63, 3.8) is 0 Å². The minimum absolute atomic E-state index is 0.00523. The quantitative estimate of drug-likeness (QED) is 0.743. The van der Waals surface area contributed by atoms with E-state index in [-0.39, 0.29) is 18.5 Å². The van der Waals surface area contributed by atoms with Gasteiger partial charge in [0.2, 0.25) is 11.7 Å². The second-order valence-corrected chi connectivity index (χ2v) is 6.20. The lowest BCUT2D eigenvalue weighted by Gasteiger charge is -2.21. The van der Waals surface area contributed by atoms with Crippen LogP contribution in [-0.4, -0.2) is 39.3 Å². The summed E-state index contributed by atoms with van der Waals surface area (Å²) in [5.74, 6) is 1.71. The first kappa shape index (κ1) is 17.0. The number of hydrogen-bond acceptors (Lipinski definition) is 6. The van der Waals surface area contributed by atoms with Crippen LogP contribution in [0.15, 0.2) is 48.5 Å². The van der Waals surface area contributed by atoms with Crippen LogP contribution in [0.1, 0.15) is 18.5 Å². The highest BCUT2D eigenvalue weighted by Crippen LogP contribution is 2.32. The molecule has 8 nitrogen and oxygen atoms in total. The third kappa shape index (κ3) is 3.89. The van der Waals surface area contributed by atoms with Gasteiger partial charge >= 0.3 is 0 Å². The summed E-state index contributed by atoms with van der Waals surface area (Å²) in [6.45, 7) is 2.98. The predicted octanol–water partition coefficient (Wildman–Crippen LogP) is 1.99. The summed E-state index contributed by atoms with van der Waals surface area (Å²) >= 11 is 0. The Bertz CT molecular complexity index is 942. The summed E-state index contributed by atoms with van der Waals surface area (Å²) in [4.78, 5) is 13.6. The molecule has 1 aromatic heterocycles. The molecule has 2 aromatic carbocycles. The van der Waals surface area contributed by atoms with Crippen LogP contribution in [0, 0.1) is 0 Å². The number of rotatable bonds is 5. The van der Waals surface area contributed by atoms with E-state index in [9.17, 15) is 4.79 Å². The molecule has 1 amide bonds. The van der Waals surface area contributed by atoms with Crippen molar-refractivity contribution in [3.8, 4) is 22.9 Å². The Kier molecular flexibility index (Phi) is 4.69. The van der Waals surface area contributed by atoms with Crippen LogP contribution < -0.4 is 14.8 Å². The van der Waals surface area contributed by atoms with Gasteiger partial charge in [-0.05, 0) is 29.8 Å². The Balaban J connectivity index is 1.39. The minimum Gasteiger partial charge on any atom is -0.486 e. The number of amides is 1. The van der Waals surface area contributed by atoms with E-state index < -0.39 is 0 Å². The van der Waals surface area contributed by atoms with E-state index in [4.69, 9.17) is 9.47 Å². The third-order valence-electron chi connectivity index (χ3n) is 4.21. The summed E-state index contributed by atoms with van der Waals surface area (Å²) < 4.78 is 11.1. The fourth-order valence-corrected chi connectivity index (χ4v) is 2.84. The summed E-state index contributed by atoms with van der Waals surface area (Å²) in [6, 6.07) is 15.0. The lowest BCUT2D eigenvalue weighted by molar-refractivity contribution is -0.122. The molecule has 1 atom stereocenters. The number of fused-ring (bicyclic) bond motifs is 1. The van der Waals surface area contributed by atoms with Gasteiger partial charge in [-0.3, -0.25) is 4.79 Å². The highest BCUT2D eigenvalue weighted by molar-refractivity contribution is 5.76. The number of ether oxygens (including phenoxy) is 2. The average molecular weight is 365 g/mol. The molecule has 0 fully saturated rings. The van der Waals surface area contributed by atoms with E-state index in [1.165, 1.54) is 4.80 Å². The van der Waals surface area contributed by atoms with Gasteiger partial charge in [0.15, 0.2) is 11.5 Å². The molecule has 4 rings (SSSR count). The molecule has 1 aliphatic heterocycles. The number of nitrogens with one attached hydrogen (secondary N) is 1. The highest BCUT2D eigenvalue weighted by atomic mass is 16.6. The lowest BCUT2D eigenvalue weighted by atomic mass is 10.1. The van der Waals surface area contributed by atoms with Crippen molar-refractivity contribution in [1.82, 2.24) is 25.5 Å². The molecule has 0 aliphatic carbocycles. The van der Waals surface area contributed by atoms with Gasteiger partial charge in [0.1, 0.15) is 19.8 Å². The van der Waals surface area contributed by atoms with E-state index in [0.717, 1.165) is 16.9 Å². The number of carbonyl (C=O) groups is 1. The largest absolute Gasteiger partial charge is 0.486 e. The maximum Gasteiger partial charge on any atom is 0.244 e. The molecule has 0 saturated carbocycles. The molecule has 0 saturated heterocycles. The molecule has 0 bridgehead atoms. The zero-order valence-electron chi connectivity index (χ0n) is 14.8. The first-order chi connectivity index (χ1) is 13.2.